The summed E-state index contributed by atoms with van der Waals surface area (Å²) in [4.78, 5) is 25.8. The maximum Gasteiger partial charge on any atom is 0.273 e. The number of hydrazine groups is 1. The van der Waals surface area contributed by atoms with Crippen molar-refractivity contribution in [1.82, 2.24) is 14.8 Å². The van der Waals surface area contributed by atoms with Crippen molar-refractivity contribution in [2.24, 2.45) is 0 Å². The molecule has 90 valence electrons. The zero-order valence-electron chi connectivity index (χ0n) is 9.19. The molecule has 0 aromatic carbocycles. The van der Waals surface area contributed by atoms with Crippen LogP contribution in [0.15, 0.2) is 34.2 Å². The molecule has 17 heavy (non-hydrogen) atoms. The highest BCUT2D eigenvalue weighted by molar-refractivity contribution is 8.00. The Hall–Kier alpha value is -1.73. The molecule has 1 aromatic rings. The Morgan fingerprint density at radius 3 is 3.00 bits per heavy atom. The molecule has 0 bridgehead atoms. The molecular formula is C10H12N4O2S. The molecule has 0 radical (unpaired) electrons. The van der Waals surface area contributed by atoms with Gasteiger partial charge in [-0.3, -0.25) is 9.59 Å². The van der Waals surface area contributed by atoms with Gasteiger partial charge in [0.1, 0.15) is 5.70 Å². The molecule has 0 atom stereocenters. The van der Waals surface area contributed by atoms with E-state index in [1.165, 1.54) is 22.6 Å². The van der Waals surface area contributed by atoms with Crippen molar-refractivity contribution >= 4 is 23.5 Å². The van der Waals surface area contributed by atoms with Crippen LogP contribution in [0.4, 0.5) is 5.69 Å². The highest BCUT2D eigenvalue weighted by atomic mass is 32.2. The predicted octanol–water partition coefficient (Wildman–Crippen LogP) is 0.404. The third-order valence-corrected chi connectivity index (χ3v) is 2.82. The predicted molar refractivity (Wildman–Crippen MR) is 67.0 cm³/mol. The lowest BCUT2D eigenvalue weighted by Gasteiger charge is -2.08. The summed E-state index contributed by atoms with van der Waals surface area (Å²) < 4.78 is 1.53. The molecule has 6 nitrogen and oxygen atoms in total. The van der Waals surface area contributed by atoms with E-state index in [1.807, 2.05) is 6.92 Å². The number of hydrogen-bond acceptors (Lipinski definition) is 5. The van der Waals surface area contributed by atoms with Crippen molar-refractivity contribution in [2.75, 3.05) is 5.32 Å². The Labute approximate surface area is 102 Å². The fourth-order valence-corrected chi connectivity index (χ4v) is 1.88. The molecule has 2 rings (SSSR count). The fourth-order valence-electron chi connectivity index (χ4n) is 1.36. The number of aryl methyl sites for hydroxylation is 1. The number of amides is 1. The van der Waals surface area contributed by atoms with Gasteiger partial charge in [-0.15, -0.1) is 0 Å². The minimum Gasteiger partial charge on any atom is -0.319 e. The lowest BCUT2D eigenvalue weighted by molar-refractivity contribution is -0.113. The Kier molecular flexibility index (Phi) is 3.50. The number of nitrogens with one attached hydrogen (secondary N) is 3. The highest BCUT2D eigenvalue weighted by Crippen LogP contribution is 2.10. The van der Waals surface area contributed by atoms with Crippen molar-refractivity contribution in [3.63, 3.8) is 0 Å². The van der Waals surface area contributed by atoms with E-state index in [-0.39, 0.29) is 11.5 Å². The third-order valence-electron chi connectivity index (χ3n) is 2.25. The Morgan fingerprint density at radius 2 is 2.35 bits per heavy atom. The molecule has 1 amide bonds. The second-order valence-electron chi connectivity index (χ2n) is 3.37. The minimum absolute atomic E-state index is 0.0825. The summed E-state index contributed by atoms with van der Waals surface area (Å²) in [5.41, 5.74) is 3.67. The molecule has 0 aliphatic carbocycles. The van der Waals surface area contributed by atoms with E-state index < -0.39 is 0 Å². The number of pyridine rings is 1. The summed E-state index contributed by atoms with van der Waals surface area (Å²) in [7, 11) is 0. The van der Waals surface area contributed by atoms with Crippen LogP contribution in [0.5, 0.6) is 0 Å². The lowest BCUT2D eigenvalue weighted by Crippen LogP contribution is -2.28. The second-order valence-corrected chi connectivity index (χ2v) is 4.05. The monoisotopic (exact) mass is 252 g/mol. The average molecular weight is 252 g/mol. The number of rotatable bonds is 3. The molecule has 1 aliphatic heterocycles. The summed E-state index contributed by atoms with van der Waals surface area (Å²) in [6.45, 7) is 2.44. The Bertz CT molecular complexity index is 523. The lowest BCUT2D eigenvalue weighted by atomic mass is 10.3. The average Bonchev–Trinajstić information content (AvgIpc) is 2.85. The summed E-state index contributed by atoms with van der Waals surface area (Å²) in [6, 6.07) is 3.02. The quantitative estimate of drug-likeness (QED) is 0.679. The number of carbonyl (C=O) groups is 1. The molecule has 3 N–H and O–H groups in total. The van der Waals surface area contributed by atoms with Crippen molar-refractivity contribution in [1.29, 1.82) is 0 Å². The zero-order valence-corrected chi connectivity index (χ0v) is 10.0. The Balaban J connectivity index is 2.13. The first-order valence-corrected chi connectivity index (χ1v) is 5.97. The van der Waals surface area contributed by atoms with Crippen LogP contribution in [0.2, 0.25) is 0 Å². The molecule has 1 aliphatic rings. The molecule has 0 saturated carbocycles. The van der Waals surface area contributed by atoms with Crippen LogP contribution in [-0.2, 0) is 11.3 Å². The van der Waals surface area contributed by atoms with E-state index in [9.17, 15) is 9.59 Å². The molecule has 2 heterocycles. The van der Waals surface area contributed by atoms with E-state index in [4.69, 9.17) is 0 Å². The summed E-state index contributed by atoms with van der Waals surface area (Å²) >= 11 is 1.29. The van der Waals surface area contributed by atoms with Gasteiger partial charge in [-0.2, -0.15) is 4.83 Å². The van der Waals surface area contributed by atoms with Gasteiger partial charge in [0.15, 0.2) is 0 Å². The summed E-state index contributed by atoms with van der Waals surface area (Å²) in [6.07, 6.45) is 1.62. The molecule has 1 aromatic heterocycles. The molecule has 0 spiro atoms. The molecule has 0 fully saturated rings. The number of aromatic nitrogens is 1. The van der Waals surface area contributed by atoms with Gasteiger partial charge in [-0.05, 0) is 24.9 Å². The second kappa shape index (κ2) is 5.07. The van der Waals surface area contributed by atoms with Gasteiger partial charge >= 0.3 is 0 Å². The molecule has 7 heteroatoms. The standard InChI is InChI=1S/C10H12N4O2S/c1-2-14-5-7(3-4-9(14)15)11-10(16)8-6-17-13-12-8/h3-6,12-13H,2H2,1H3,(H,11,16). The smallest absolute Gasteiger partial charge is 0.273 e. The molecular weight excluding hydrogens is 240 g/mol. The van der Waals surface area contributed by atoms with Gasteiger partial charge in [0, 0.05) is 24.2 Å². The molecule has 0 unspecified atom stereocenters. The van der Waals surface area contributed by atoms with Gasteiger partial charge in [0.2, 0.25) is 0 Å². The number of anilines is 1. The van der Waals surface area contributed by atoms with E-state index in [0.717, 1.165) is 0 Å². The maximum atomic E-state index is 11.7. The van der Waals surface area contributed by atoms with Gasteiger partial charge in [0.05, 0.1) is 5.69 Å². The van der Waals surface area contributed by atoms with E-state index in [0.29, 0.717) is 17.9 Å². The van der Waals surface area contributed by atoms with Crippen LogP contribution in [0.3, 0.4) is 0 Å². The van der Waals surface area contributed by atoms with Crippen molar-refractivity contribution < 1.29 is 4.79 Å². The third kappa shape index (κ3) is 2.69. The van der Waals surface area contributed by atoms with E-state index in [2.05, 4.69) is 15.6 Å². The van der Waals surface area contributed by atoms with Crippen LogP contribution in [-0.4, -0.2) is 10.5 Å². The number of nitrogens with zero attached hydrogens (tertiary/aromatic N) is 1. The van der Waals surface area contributed by atoms with E-state index >= 15 is 0 Å². The van der Waals surface area contributed by atoms with Crippen LogP contribution in [0.25, 0.3) is 0 Å². The zero-order chi connectivity index (χ0) is 12.3. The Morgan fingerprint density at radius 1 is 1.53 bits per heavy atom. The van der Waals surface area contributed by atoms with Crippen molar-refractivity contribution in [3.8, 4) is 0 Å². The first-order chi connectivity index (χ1) is 8.20. The maximum absolute atomic E-state index is 11.7. The van der Waals surface area contributed by atoms with Crippen LogP contribution >= 0.6 is 11.9 Å². The molecule has 0 saturated heterocycles. The highest BCUT2D eigenvalue weighted by Gasteiger charge is 2.13. The van der Waals surface area contributed by atoms with Crippen LogP contribution in [0, 0.1) is 0 Å². The van der Waals surface area contributed by atoms with Crippen LogP contribution in [0.1, 0.15) is 6.92 Å². The van der Waals surface area contributed by atoms with Crippen molar-refractivity contribution in [2.45, 2.75) is 13.5 Å². The van der Waals surface area contributed by atoms with Gasteiger partial charge < -0.3 is 15.3 Å². The SMILES string of the molecule is CCn1cc(NC(=O)C2=CSNN2)ccc1=O. The summed E-state index contributed by atoms with van der Waals surface area (Å²) in [5, 5.41) is 4.37. The first kappa shape index (κ1) is 11.7. The summed E-state index contributed by atoms with van der Waals surface area (Å²) in [5.74, 6) is -0.246. The normalized spacial score (nSPS) is 14.1. The number of carbonyl (C=O) groups excluding carboxylic acids is 1. The first-order valence-electron chi connectivity index (χ1n) is 5.09. The van der Waals surface area contributed by atoms with Gasteiger partial charge in [0.25, 0.3) is 11.5 Å². The fraction of sp³-hybridized carbons (Fsp3) is 0.200. The van der Waals surface area contributed by atoms with E-state index in [1.54, 1.807) is 17.7 Å². The topological polar surface area (TPSA) is 75.2 Å². The number of hydrogen-bond donors (Lipinski definition) is 3. The minimum atomic E-state index is -0.246. The van der Waals surface area contributed by atoms with Gasteiger partial charge in [-0.1, -0.05) is 0 Å². The van der Waals surface area contributed by atoms with Gasteiger partial charge in [-0.25, -0.2) is 0 Å². The largest absolute Gasteiger partial charge is 0.319 e. The van der Waals surface area contributed by atoms with Crippen molar-refractivity contribution in [3.05, 3.63) is 39.8 Å². The van der Waals surface area contributed by atoms with Crippen LogP contribution < -0.4 is 21.1 Å².